The Morgan fingerprint density at radius 1 is 1.08 bits per heavy atom. The predicted molar refractivity (Wildman–Crippen MR) is 95.1 cm³/mol. The van der Waals surface area contributed by atoms with Gasteiger partial charge in [-0.1, -0.05) is 23.7 Å². The van der Waals surface area contributed by atoms with E-state index in [4.69, 9.17) is 11.6 Å². The van der Waals surface area contributed by atoms with Crippen molar-refractivity contribution in [1.82, 2.24) is 5.32 Å². The van der Waals surface area contributed by atoms with Crippen LogP contribution in [0.15, 0.2) is 42.5 Å². The Kier molecular flexibility index (Phi) is 5.71. The van der Waals surface area contributed by atoms with E-state index in [1.807, 2.05) is 13.8 Å². The summed E-state index contributed by atoms with van der Waals surface area (Å²) in [5, 5.41) is 16.6. The summed E-state index contributed by atoms with van der Waals surface area (Å²) in [5.74, 6) is -1.05. The molecule has 0 aromatic heterocycles. The fourth-order valence-electron chi connectivity index (χ4n) is 2.17. The van der Waals surface area contributed by atoms with Crippen molar-refractivity contribution in [2.24, 2.45) is 0 Å². The summed E-state index contributed by atoms with van der Waals surface area (Å²) in [6.45, 7) is 3.63. The van der Waals surface area contributed by atoms with Gasteiger partial charge in [0.25, 0.3) is 17.5 Å². The lowest BCUT2D eigenvalue weighted by Gasteiger charge is -2.13. The van der Waals surface area contributed by atoms with Gasteiger partial charge >= 0.3 is 0 Å². The van der Waals surface area contributed by atoms with E-state index in [0.29, 0.717) is 0 Å². The first kappa shape index (κ1) is 18.4. The van der Waals surface area contributed by atoms with Crippen molar-refractivity contribution < 1.29 is 14.5 Å². The summed E-state index contributed by atoms with van der Waals surface area (Å²) in [7, 11) is 0. The Bertz CT molecular complexity index is 836. The smallest absolute Gasteiger partial charge is 0.283 e. The van der Waals surface area contributed by atoms with Crippen LogP contribution in [0.25, 0.3) is 0 Å². The molecule has 2 amide bonds. The SMILES string of the molecule is CC(C)NC(=O)c1ccccc1NC(=O)c1ccc(Cl)cc1[N+](=O)[O-]. The average Bonchev–Trinajstić information content (AvgIpc) is 2.54. The molecule has 0 spiro atoms. The van der Waals surface area contributed by atoms with Crippen LogP contribution in [0.4, 0.5) is 11.4 Å². The normalized spacial score (nSPS) is 10.4. The summed E-state index contributed by atoms with van der Waals surface area (Å²) in [6, 6.07) is 10.1. The number of amides is 2. The van der Waals surface area contributed by atoms with Crippen LogP contribution in [0.2, 0.25) is 5.02 Å². The lowest BCUT2D eigenvalue weighted by atomic mass is 10.1. The van der Waals surface area contributed by atoms with Crippen molar-refractivity contribution in [3.8, 4) is 0 Å². The van der Waals surface area contributed by atoms with Gasteiger partial charge in [0.2, 0.25) is 0 Å². The van der Waals surface area contributed by atoms with Gasteiger partial charge in [0.1, 0.15) is 5.56 Å². The minimum Gasteiger partial charge on any atom is -0.350 e. The molecule has 0 heterocycles. The van der Waals surface area contributed by atoms with Crippen LogP contribution in [0.5, 0.6) is 0 Å². The first-order valence-electron chi connectivity index (χ1n) is 7.44. The highest BCUT2D eigenvalue weighted by atomic mass is 35.5. The van der Waals surface area contributed by atoms with Crippen LogP contribution in [0, 0.1) is 10.1 Å². The van der Waals surface area contributed by atoms with Gasteiger partial charge in [-0.3, -0.25) is 19.7 Å². The van der Waals surface area contributed by atoms with Gasteiger partial charge in [0, 0.05) is 17.1 Å². The van der Waals surface area contributed by atoms with Crippen LogP contribution in [-0.4, -0.2) is 22.8 Å². The van der Waals surface area contributed by atoms with E-state index in [2.05, 4.69) is 10.6 Å². The summed E-state index contributed by atoms with van der Waals surface area (Å²) in [4.78, 5) is 35.1. The van der Waals surface area contributed by atoms with E-state index in [-0.39, 0.29) is 33.8 Å². The fourth-order valence-corrected chi connectivity index (χ4v) is 2.33. The average molecular weight is 362 g/mol. The number of benzene rings is 2. The Balaban J connectivity index is 2.34. The molecule has 0 bridgehead atoms. The summed E-state index contributed by atoms with van der Waals surface area (Å²) in [6.07, 6.45) is 0. The molecule has 2 rings (SSSR count). The van der Waals surface area contributed by atoms with E-state index < -0.39 is 16.5 Å². The molecule has 0 radical (unpaired) electrons. The summed E-state index contributed by atoms with van der Waals surface area (Å²) >= 11 is 5.75. The highest BCUT2D eigenvalue weighted by Crippen LogP contribution is 2.25. The Morgan fingerprint density at radius 3 is 2.40 bits per heavy atom. The molecular weight excluding hydrogens is 346 g/mol. The van der Waals surface area contributed by atoms with Crippen LogP contribution < -0.4 is 10.6 Å². The number of carbonyl (C=O) groups is 2. The minimum absolute atomic E-state index is 0.0754. The van der Waals surface area contributed by atoms with Crippen LogP contribution in [0.1, 0.15) is 34.6 Å². The lowest BCUT2D eigenvalue weighted by Crippen LogP contribution is -2.31. The van der Waals surface area contributed by atoms with Crippen molar-refractivity contribution in [1.29, 1.82) is 0 Å². The highest BCUT2D eigenvalue weighted by molar-refractivity contribution is 6.31. The number of rotatable bonds is 5. The summed E-state index contributed by atoms with van der Waals surface area (Å²) < 4.78 is 0. The maximum absolute atomic E-state index is 12.5. The maximum Gasteiger partial charge on any atom is 0.283 e. The topological polar surface area (TPSA) is 101 Å². The molecule has 8 heteroatoms. The monoisotopic (exact) mass is 361 g/mol. The molecule has 0 aliphatic rings. The Hall–Kier alpha value is -2.93. The second kappa shape index (κ2) is 7.76. The molecule has 2 aromatic carbocycles. The molecular formula is C17H16ClN3O4. The second-order valence-electron chi connectivity index (χ2n) is 5.55. The number of hydrogen-bond donors (Lipinski definition) is 2. The van der Waals surface area contributed by atoms with Crippen LogP contribution in [0.3, 0.4) is 0 Å². The first-order chi connectivity index (χ1) is 11.8. The maximum atomic E-state index is 12.5. The van der Waals surface area contributed by atoms with E-state index >= 15 is 0 Å². The molecule has 25 heavy (non-hydrogen) atoms. The molecule has 0 aliphatic carbocycles. The molecule has 0 saturated carbocycles. The van der Waals surface area contributed by atoms with Crippen molar-refractivity contribution in [2.45, 2.75) is 19.9 Å². The van der Waals surface area contributed by atoms with Crippen molar-refractivity contribution >= 4 is 34.8 Å². The minimum atomic E-state index is -0.701. The Morgan fingerprint density at radius 2 is 1.76 bits per heavy atom. The number of nitrogens with zero attached hydrogens (tertiary/aromatic N) is 1. The van der Waals surface area contributed by atoms with Crippen molar-refractivity contribution in [3.05, 3.63) is 68.7 Å². The van der Waals surface area contributed by atoms with Gasteiger partial charge in [0.05, 0.1) is 16.2 Å². The molecule has 2 aromatic rings. The number of halogens is 1. The number of para-hydroxylation sites is 1. The third-order valence-corrected chi connectivity index (χ3v) is 3.48. The molecule has 0 atom stereocenters. The number of nitro groups is 1. The van der Waals surface area contributed by atoms with Crippen molar-refractivity contribution in [2.75, 3.05) is 5.32 Å². The summed E-state index contributed by atoms with van der Waals surface area (Å²) in [5.41, 5.74) is -0.0290. The second-order valence-corrected chi connectivity index (χ2v) is 5.98. The molecule has 130 valence electrons. The van der Waals surface area contributed by atoms with E-state index in [1.54, 1.807) is 24.3 Å². The molecule has 0 aliphatic heterocycles. The zero-order valence-electron chi connectivity index (χ0n) is 13.6. The zero-order valence-corrected chi connectivity index (χ0v) is 14.3. The third kappa shape index (κ3) is 4.54. The Labute approximate surface area is 149 Å². The van der Waals surface area contributed by atoms with E-state index in [0.717, 1.165) is 6.07 Å². The van der Waals surface area contributed by atoms with Gasteiger partial charge in [-0.2, -0.15) is 0 Å². The van der Waals surface area contributed by atoms with Crippen LogP contribution >= 0.6 is 11.6 Å². The fraction of sp³-hybridized carbons (Fsp3) is 0.176. The van der Waals surface area contributed by atoms with Gasteiger partial charge < -0.3 is 10.6 Å². The largest absolute Gasteiger partial charge is 0.350 e. The van der Waals surface area contributed by atoms with Gasteiger partial charge in [-0.05, 0) is 38.1 Å². The third-order valence-electron chi connectivity index (χ3n) is 3.24. The van der Waals surface area contributed by atoms with Crippen molar-refractivity contribution in [3.63, 3.8) is 0 Å². The van der Waals surface area contributed by atoms with Gasteiger partial charge in [0.15, 0.2) is 0 Å². The molecule has 2 N–H and O–H groups in total. The van der Waals surface area contributed by atoms with E-state index in [1.165, 1.54) is 12.1 Å². The number of hydrogen-bond acceptors (Lipinski definition) is 4. The quantitative estimate of drug-likeness (QED) is 0.627. The molecule has 0 unspecified atom stereocenters. The number of carbonyl (C=O) groups excluding carboxylic acids is 2. The number of nitrogens with one attached hydrogen (secondary N) is 2. The lowest BCUT2D eigenvalue weighted by molar-refractivity contribution is -0.385. The van der Waals surface area contributed by atoms with Gasteiger partial charge in [-0.15, -0.1) is 0 Å². The number of nitro benzene ring substituents is 1. The first-order valence-corrected chi connectivity index (χ1v) is 7.82. The zero-order chi connectivity index (χ0) is 18.6. The molecule has 7 nitrogen and oxygen atoms in total. The predicted octanol–water partition coefficient (Wildman–Crippen LogP) is 3.64. The highest BCUT2D eigenvalue weighted by Gasteiger charge is 2.22. The molecule has 0 saturated heterocycles. The van der Waals surface area contributed by atoms with Gasteiger partial charge in [-0.25, -0.2) is 0 Å². The molecule has 0 fully saturated rings. The van der Waals surface area contributed by atoms with E-state index in [9.17, 15) is 19.7 Å². The standard InChI is InChI=1S/C17H16ClN3O4/c1-10(2)19-16(22)12-5-3-4-6-14(12)20-17(23)13-8-7-11(18)9-15(13)21(24)25/h3-10H,1-2H3,(H,19,22)(H,20,23). The van der Waals surface area contributed by atoms with Crippen LogP contribution in [-0.2, 0) is 0 Å². The number of anilines is 1.